The Bertz CT molecular complexity index is 3210. The monoisotopic (exact) mass is 972 g/mol. The van der Waals surface area contributed by atoms with Gasteiger partial charge in [-0.05, 0) is 110 Å². The number of pyridine rings is 2. The van der Waals surface area contributed by atoms with Crippen molar-refractivity contribution in [2.75, 3.05) is 37.8 Å². The predicted molar refractivity (Wildman–Crippen MR) is 265 cm³/mol. The second kappa shape index (κ2) is 21.4. The van der Waals surface area contributed by atoms with Crippen molar-refractivity contribution in [2.45, 2.75) is 27.1 Å². The molecule has 18 heteroatoms. The number of rotatable bonds is 21. The van der Waals surface area contributed by atoms with E-state index in [9.17, 15) is 39.0 Å². The first-order valence-electron chi connectivity index (χ1n) is 22.4. The number of aromatic nitrogens is 2. The largest absolute Gasteiger partial charge is 0.484 e. The minimum Gasteiger partial charge on any atom is -0.484 e. The average molecular weight is 973 g/mol. The quantitative estimate of drug-likeness (QED) is 0.0249. The number of carboxylic acid groups (broad SMARTS) is 2. The number of nitrogen functional groups attached to an aromatic ring is 2. The van der Waals surface area contributed by atoms with E-state index in [0.717, 1.165) is 11.1 Å². The van der Waals surface area contributed by atoms with Crippen LogP contribution in [0, 0.1) is 13.8 Å². The zero-order chi connectivity index (χ0) is 51.1. The molecule has 8 aromatic rings. The number of benzene rings is 4. The van der Waals surface area contributed by atoms with Gasteiger partial charge in [-0.1, -0.05) is 36.4 Å². The summed E-state index contributed by atoms with van der Waals surface area (Å²) in [6, 6.07) is 33.0. The topological polar surface area (TPSA) is 265 Å². The van der Waals surface area contributed by atoms with Crippen LogP contribution >= 0.6 is 0 Å². The fraction of sp³-hybridized carbons (Fsp3) is 0.148. The Labute approximate surface area is 411 Å². The highest BCUT2D eigenvalue weighted by atomic mass is 16.5. The number of ether oxygens (including phenoxy) is 4. The molecule has 8 rings (SSSR count). The maximum Gasteiger partial charge on any atom is 0.337 e. The summed E-state index contributed by atoms with van der Waals surface area (Å²) >= 11 is 0. The summed E-state index contributed by atoms with van der Waals surface area (Å²) in [6.07, 6.45) is 3.53. The van der Waals surface area contributed by atoms with Crippen LogP contribution < -0.4 is 41.0 Å². The van der Waals surface area contributed by atoms with Gasteiger partial charge in [-0.15, -0.1) is 0 Å². The number of amides is 2. The maximum atomic E-state index is 13.8. The van der Waals surface area contributed by atoms with Crippen LogP contribution in [0.25, 0.3) is 11.0 Å². The molecule has 0 aliphatic carbocycles. The van der Waals surface area contributed by atoms with Crippen LogP contribution in [0.4, 0.5) is 11.4 Å². The Morgan fingerprint density at radius 1 is 0.514 bits per heavy atom. The van der Waals surface area contributed by atoms with Crippen molar-refractivity contribution in [2.24, 2.45) is 0 Å². The van der Waals surface area contributed by atoms with Crippen LogP contribution in [-0.2, 0) is 22.8 Å². The molecule has 0 saturated carbocycles. The number of hydrogen-bond donors (Lipinski definition) is 6. The van der Waals surface area contributed by atoms with Crippen LogP contribution in [0.1, 0.15) is 74.8 Å². The van der Waals surface area contributed by atoms with E-state index >= 15 is 0 Å². The van der Waals surface area contributed by atoms with Gasteiger partial charge < -0.3 is 51.3 Å². The van der Waals surface area contributed by atoms with E-state index in [1.807, 2.05) is 12.1 Å². The molecule has 0 atom stereocenters. The molecule has 0 fully saturated rings. The van der Waals surface area contributed by atoms with Gasteiger partial charge in [-0.25, -0.2) is 9.59 Å². The van der Waals surface area contributed by atoms with E-state index in [4.69, 9.17) is 30.4 Å². The first-order valence-corrected chi connectivity index (χ1v) is 22.4. The van der Waals surface area contributed by atoms with Crippen LogP contribution in [0.2, 0.25) is 0 Å². The summed E-state index contributed by atoms with van der Waals surface area (Å²) in [6.45, 7) is 3.39. The molecule has 0 saturated heterocycles. The van der Waals surface area contributed by atoms with E-state index in [-0.39, 0.29) is 84.7 Å². The number of hydrogen-bond acceptors (Lipinski definition) is 12. The number of carboxylic acids is 2. The molecule has 0 aliphatic heterocycles. The lowest BCUT2D eigenvalue weighted by atomic mass is 9.98. The van der Waals surface area contributed by atoms with Gasteiger partial charge in [-0.3, -0.25) is 28.0 Å². The van der Waals surface area contributed by atoms with Crippen LogP contribution in [0.15, 0.2) is 134 Å². The third kappa shape index (κ3) is 10.7. The number of nitrogens with zero attached hydrogens (tertiary/aromatic N) is 2. The number of anilines is 2. The number of carbonyl (C=O) groups excluding carboxylic acids is 4. The molecule has 0 spiro atoms. The smallest absolute Gasteiger partial charge is 0.337 e. The van der Waals surface area contributed by atoms with E-state index in [2.05, 4.69) is 10.6 Å². The molecule has 0 aliphatic rings. The SMILES string of the molecule is Cc1c(C(=O)c2ccc(N)c(C(=O)O)c2)c2ccccn2c1OCc1cccc(OCC(=O)NCCNC(=O)COc2cccc(COc3c(C)c(C(=O)c4ccc(N)c(C(=O)O)c4)c4ccccn34)c2)c1. The number of nitrogens with one attached hydrogen (secondary N) is 2. The van der Waals surface area contributed by atoms with E-state index in [1.54, 1.807) is 108 Å². The second-order valence-corrected chi connectivity index (χ2v) is 16.5. The Hall–Kier alpha value is -9.58. The lowest BCUT2D eigenvalue weighted by Crippen LogP contribution is -2.38. The Kier molecular flexibility index (Phi) is 14.5. The van der Waals surface area contributed by atoms with Gasteiger partial charge in [0.2, 0.25) is 11.8 Å². The van der Waals surface area contributed by atoms with Crippen molar-refractivity contribution in [3.8, 4) is 23.3 Å². The third-order valence-corrected chi connectivity index (χ3v) is 11.7. The highest BCUT2D eigenvalue weighted by molar-refractivity contribution is 6.17. The minimum absolute atomic E-state index is 0.0513. The molecule has 4 aromatic heterocycles. The molecule has 18 nitrogen and oxygen atoms in total. The fourth-order valence-corrected chi connectivity index (χ4v) is 8.15. The van der Waals surface area contributed by atoms with E-state index < -0.39 is 23.8 Å². The molecule has 2 amide bonds. The minimum atomic E-state index is -1.24. The molecular weight excluding hydrogens is 925 g/mol. The first kappa shape index (κ1) is 48.9. The number of carbonyl (C=O) groups is 6. The van der Waals surface area contributed by atoms with Crippen molar-refractivity contribution in [1.82, 2.24) is 19.4 Å². The van der Waals surface area contributed by atoms with Gasteiger partial charge in [0, 0.05) is 59.1 Å². The molecule has 72 heavy (non-hydrogen) atoms. The maximum absolute atomic E-state index is 13.8. The average Bonchev–Trinajstić information content (AvgIpc) is 3.82. The summed E-state index contributed by atoms with van der Waals surface area (Å²) in [5, 5.41) is 24.5. The molecule has 0 unspecified atom stereocenters. The Morgan fingerprint density at radius 3 is 1.33 bits per heavy atom. The standard InChI is InChI=1S/C54H48N6O12/c1-31-47(49(63)35-15-17-41(55)39(25-35)53(65)66)43-13-3-5-21-59(43)51(31)71-27-33-9-7-11-37(23-33)69-29-45(61)57-19-20-58-46(62)30-70-38-12-8-10-34(24-38)28-72-52-32(2)48(44-14-4-6-22-60(44)52)50(64)36-16-18-42(56)40(26-36)54(67)68/h3-18,21-26H,19-20,27-30,55-56H2,1-2H3,(H,57,61)(H,58,62)(H,65,66)(H,67,68). The summed E-state index contributed by atoms with van der Waals surface area (Å²) in [7, 11) is 0. The van der Waals surface area contributed by atoms with Gasteiger partial charge in [0.1, 0.15) is 24.7 Å². The van der Waals surface area contributed by atoms with Crippen molar-refractivity contribution < 1.29 is 57.9 Å². The van der Waals surface area contributed by atoms with E-state index in [0.29, 0.717) is 56.5 Å². The Balaban J connectivity index is 0.782. The van der Waals surface area contributed by atoms with Crippen LogP contribution in [0.3, 0.4) is 0 Å². The van der Waals surface area contributed by atoms with E-state index in [1.165, 1.54) is 36.4 Å². The zero-order valence-corrected chi connectivity index (χ0v) is 39.0. The van der Waals surface area contributed by atoms with Crippen LogP contribution in [0.5, 0.6) is 23.3 Å². The molecular formula is C54H48N6O12. The second-order valence-electron chi connectivity index (χ2n) is 16.5. The highest BCUT2D eigenvalue weighted by Gasteiger charge is 2.26. The number of nitrogens with two attached hydrogens (primary N) is 2. The number of fused-ring (bicyclic) bond motifs is 2. The normalized spacial score (nSPS) is 11.0. The van der Waals surface area contributed by atoms with Crippen LogP contribution in [-0.4, -0.2) is 80.6 Å². The molecule has 0 radical (unpaired) electrons. The zero-order valence-electron chi connectivity index (χ0n) is 39.0. The molecule has 4 aromatic carbocycles. The van der Waals surface area contributed by atoms with Gasteiger partial charge >= 0.3 is 11.9 Å². The van der Waals surface area contributed by atoms with Gasteiger partial charge in [0.25, 0.3) is 11.8 Å². The Morgan fingerprint density at radius 2 is 0.931 bits per heavy atom. The lowest BCUT2D eigenvalue weighted by Gasteiger charge is -2.12. The summed E-state index contributed by atoms with van der Waals surface area (Å²) in [5.41, 5.74) is 16.2. The predicted octanol–water partition coefficient (Wildman–Crippen LogP) is 6.68. The lowest BCUT2D eigenvalue weighted by molar-refractivity contribution is -0.124. The van der Waals surface area contributed by atoms with Gasteiger partial charge in [0.05, 0.1) is 33.3 Å². The molecule has 366 valence electrons. The fourth-order valence-electron chi connectivity index (χ4n) is 8.15. The number of ketones is 2. The first-order chi connectivity index (χ1) is 34.7. The molecule has 8 N–H and O–H groups in total. The van der Waals surface area contributed by atoms with Crippen molar-refractivity contribution in [1.29, 1.82) is 0 Å². The summed E-state index contributed by atoms with van der Waals surface area (Å²) in [5.74, 6) is -2.38. The molecule has 4 heterocycles. The molecule has 0 bridgehead atoms. The summed E-state index contributed by atoms with van der Waals surface area (Å²) < 4.78 is 27.5. The van der Waals surface area contributed by atoms with Gasteiger partial charge in [0.15, 0.2) is 24.8 Å². The van der Waals surface area contributed by atoms with Crippen molar-refractivity contribution >= 4 is 57.7 Å². The van der Waals surface area contributed by atoms with Crippen molar-refractivity contribution in [3.05, 3.63) is 189 Å². The number of aromatic carboxylic acids is 2. The highest BCUT2D eigenvalue weighted by Crippen LogP contribution is 2.34. The van der Waals surface area contributed by atoms with Crippen molar-refractivity contribution in [3.63, 3.8) is 0 Å². The third-order valence-electron chi connectivity index (χ3n) is 11.7. The van der Waals surface area contributed by atoms with Gasteiger partial charge in [-0.2, -0.15) is 0 Å². The summed E-state index contributed by atoms with van der Waals surface area (Å²) in [4.78, 5) is 76.2.